The largest absolute Gasteiger partial charge is 0.478 e. The van der Waals surface area contributed by atoms with Crippen molar-refractivity contribution >= 4 is 11.6 Å². The second kappa shape index (κ2) is 5.14. The Hall–Kier alpha value is -3.06. The molecule has 0 aliphatic rings. The molecule has 0 spiro atoms. The van der Waals surface area contributed by atoms with Gasteiger partial charge in [-0.25, -0.2) is 9.78 Å². The molecule has 102 valence electrons. The van der Waals surface area contributed by atoms with Gasteiger partial charge in [-0.05, 0) is 42.7 Å². The monoisotopic (exact) mass is 276 g/mol. The maximum absolute atomic E-state index is 11.0. The molecule has 2 aromatic heterocycles. The summed E-state index contributed by atoms with van der Waals surface area (Å²) >= 11 is 0. The van der Waals surface area contributed by atoms with Crippen molar-refractivity contribution in [3.05, 3.63) is 71.2 Å². The van der Waals surface area contributed by atoms with Gasteiger partial charge >= 0.3 is 5.97 Å². The van der Waals surface area contributed by atoms with E-state index in [4.69, 9.17) is 5.11 Å². The van der Waals surface area contributed by atoms with Crippen molar-refractivity contribution in [2.45, 2.75) is 6.92 Å². The first-order valence-electron chi connectivity index (χ1n) is 6.43. The molecule has 2 heterocycles. The number of fused-ring (bicyclic) bond motifs is 1. The number of imidazole rings is 1. The standard InChI is InChI=1S/C17H12N2O2/c1-12-5-6-14(17(20)21)10-13(12)7-8-15-11-18-16-4-2-3-9-19(15)16/h2-6,9-11H,1H3,(H,20,21). The van der Waals surface area contributed by atoms with Gasteiger partial charge in [-0.15, -0.1) is 0 Å². The molecule has 4 heteroatoms. The van der Waals surface area contributed by atoms with Crippen LogP contribution in [-0.2, 0) is 0 Å². The van der Waals surface area contributed by atoms with E-state index in [1.54, 1.807) is 24.4 Å². The Kier molecular flexibility index (Phi) is 3.17. The first-order valence-corrected chi connectivity index (χ1v) is 6.43. The number of nitrogens with zero attached hydrogens (tertiary/aromatic N) is 2. The molecule has 0 radical (unpaired) electrons. The van der Waals surface area contributed by atoms with Gasteiger partial charge in [-0.3, -0.25) is 4.40 Å². The number of aryl methyl sites for hydroxylation is 1. The van der Waals surface area contributed by atoms with Gasteiger partial charge < -0.3 is 5.11 Å². The predicted octanol–water partition coefficient (Wildman–Crippen LogP) is 2.74. The Morgan fingerprint density at radius 1 is 1.24 bits per heavy atom. The SMILES string of the molecule is Cc1ccc(C(=O)O)cc1C#Cc1cnc2ccccn12. The zero-order valence-electron chi connectivity index (χ0n) is 11.4. The second-order valence-corrected chi connectivity index (χ2v) is 4.66. The number of benzene rings is 1. The maximum atomic E-state index is 11.0. The molecular weight excluding hydrogens is 264 g/mol. The summed E-state index contributed by atoms with van der Waals surface area (Å²) in [6.45, 7) is 1.91. The van der Waals surface area contributed by atoms with Crippen LogP contribution < -0.4 is 0 Å². The molecule has 0 amide bonds. The molecule has 3 aromatic rings. The van der Waals surface area contributed by atoms with Gasteiger partial charge in [0.05, 0.1) is 11.8 Å². The molecule has 0 aliphatic heterocycles. The van der Waals surface area contributed by atoms with Crippen LogP contribution in [0.2, 0.25) is 0 Å². The number of aromatic carboxylic acids is 1. The maximum Gasteiger partial charge on any atom is 0.335 e. The molecule has 0 atom stereocenters. The van der Waals surface area contributed by atoms with Gasteiger partial charge in [-0.1, -0.05) is 18.1 Å². The number of hydrogen-bond donors (Lipinski definition) is 1. The lowest BCUT2D eigenvalue weighted by Gasteiger charge is -2.00. The van der Waals surface area contributed by atoms with Crippen molar-refractivity contribution in [2.75, 3.05) is 0 Å². The molecule has 1 N–H and O–H groups in total. The minimum atomic E-state index is -0.951. The van der Waals surface area contributed by atoms with E-state index in [2.05, 4.69) is 16.8 Å². The number of aromatic nitrogens is 2. The number of carbonyl (C=O) groups is 1. The highest BCUT2D eigenvalue weighted by Gasteiger charge is 2.04. The summed E-state index contributed by atoms with van der Waals surface area (Å²) in [5, 5.41) is 9.03. The van der Waals surface area contributed by atoms with E-state index in [-0.39, 0.29) is 5.56 Å². The lowest BCUT2D eigenvalue weighted by Crippen LogP contribution is -1.97. The van der Waals surface area contributed by atoms with Gasteiger partial charge in [0.2, 0.25) is 0 Å². The Bertz CT molecular complexity index is 898. The van der Waals surface area contributed by atoms with E-state index in [0.29, 0.717) is 5.56 Å². The topological polar surface area (TPSA) is 54.6 Å². The Balaban J connectivity index is 2.05. The Morgan fingerprint density at radius 2 is 2.10 bits per heavy atom. The van der Waals surface area contributed by atoms with E-state index in [1.165, 1.54) is 0 Å². The average molecular weight is 276 g/mol. The number of pyridine rings is 1. The Morgan fingerprint density at radius 3 is 2.90 bits per heavy atom. The Labute approximate surface area is 121 Å². The van der Waals surface area contributed by atoms with Crippen molar-refractivity contribution in [2.24, 2.45) is 0 Å². The number of hydrogen-bond acceptors (Lipinski definition) is 2. The molecule has 0 fully saturated rings. The highest BCUT2D eigenvalue weighted by Crippen LogP contribution is 2.11. The minimum absolute atomic E-state index is 0.239. The van der Waals surface area contributed by atoms with Crippen LogP contribution in [-0.4, -0.2) is 20.5 Å². The third-order valence-electron chi connectivity index (χ3n) is 3.23. The summed E-state index contributed by atoms with van der Waals surface area (Å²) in [6, 6.07) is 10.7. The third kappa shape index (κ3) is 2.49. The number of carboxylic acids is 1. The smallest absolute Gasteiger partial charge is 0.335 e. The van der Waals surface area contributed by atoms with Crippen LogP contribution in [0.25, 0.3) is 5.65 Å². The molecule has 3 rings (SSSR count). The first kappa shape index (κ1) is 12.9. The molecule has 4 nitrogen and oxygen atoms in total. The van der Waals surface area contributed by atoms with E-state index in [9.17, 15) is 4.79 Å². The van der Waals surface area contributed by atoms with Crippen LogP contribution >= 0.6 is 0 Å². The van der Waals surface area contributed by atoms with Crippen molar-refractivity contribution < 1.29 is 9.90 Å². The molecule has 21 heavy (non-hydrogen) atoms. The van der Waals surface area contributed by atoms with Crippen LogP contribution in [0.3, 0.4) is 0 Å². The van der Waals surface area contributed by atoms with Gasteiger partial charge in [-0.2, -0.15) is 0 Å². The molecule has 0 unspecified atom stereocenters. The zero-order valence-corrected chi connectivity index (χ0v) is 11.4. The zero-order chi connectivity index (χ0) is 14.8. The molecule has 0 bridgehead atoms. The fraction of sp³-hybridized carbons (Fsp3) is 0.0588. The van der Waals surface area contributed by atoms with Gasteiger partial charge in [0.1, 0.15) is 11.3 Å². The van der Waals surface area contributed by atoms with Gasteiger partial charge in [0.25, 0.3) is 0 Å². The highest BCUT2D eigenvalue weighted by atomic mass is 16.4. The minimum Gasteiger partial charge on any atom is -0.478 e. The first-order chi connectivity index (χ1) is 10.1. The van der Waals surface area contributed by atoms with Crippen LogP contribution in [0.5, 0.6) is 0 Å². The quantitative estimate of drug-likeness (QED) is 0.695. The van der Waals surface area contributed by atoms with Crippen molar-refractivity contribution in [1.29, 1.82) is 0 Å². The van der Waals surface area contributed by atoms with Crippen LogP contribution in [0.15, 0.2) is 48.8 Å². The fourth-order valence-electron chi connectivity index (χ4n) is 2.05. The molecular formula is C17H12N2O2. The predicted molar refractivity (Wildman–Crippen MR) is 79.3 cm³/mol. The van der Waals surface area contributed by atoms with Gasteiger partial charge in [0.15, 0.2) is 0 Å². The molecule has 0 aliphatic carbocycles. The summed E-state index contributed by atoms with van der Waals surface area (Å²) in [7, 11) is 0. The normalized spacial score (nSPS) is 10.1. The highest BCUT2D eigenvalue weighted by molar-refractivity contribution is 5.88. The van der Waals surface area contributed by atoms with Crippen LogP contribution in [0, 0.1) is 18.8 Å². The summed E-state index contributed by atoms with van der Waals surface area (Å²) in [5.74, 6) is 5.13. The number of rotatable bonds is 1. The fourth-order valence-corrected chi connectivity index (χ4v) is 2.05. The van der Waals surface area contributed by atoms with E-state index in [0.717, 1.165) is 16.9 Å². The lowest BCUT2D eigenvalue weighted by molar-refractivity contribution is 0.0697. The number of carboxylic acid groups (broad SMARTS) is 1. The average Bonchev–Trinajstić information content (AvgIpc) is 2.89. The summed E-state index contributed by atoms with van der Waals surface area (Å²) in [5.41, 5.74) is 3.49. The summed E-state index contributed by atoms with van der Waals surface area (Å²) in [6.07, 6.45) is 3.60. The second-order valence-electron chi connectivity index (χ2n) is 4.66. The van der Waals surface area contributed by atoms with Crippen molar-refractivity contribution in [3.8, 4) is 11.8 Å². The molecule has 1 aromatic carbocycles. The lowest BCUT2D eigenvalue weighted by atomic mass is 10.1. The molecule has 0 saturated heterocycles. The third-order valence-corrected chi connectivity index (χ3v) is 3.23. The van der Waals surface area contributed by atoms with Gasteiger partial charge in [0, 0.05) is 11.8 Å². The summed E-state index contributed by atoms with van der Waals surface area (Å²) in [4.78, 5) is 15.3. The summed E-state index contributed by atoms with van der Waals surface area (Å²) < 4.78 is 1.89. The van der Waals surface area contributed by atoms with E-state index < -0.39 is 5.97 Å². The van der Waals surface area contributed by atoms with E-state index in [1.807, 2.05) is 35.7 Å². The molecule has 0 saturated carbocycles. The van der Waals surface area contributed by atoms with Crippen molar-refractivity contribution in [1.82, 2.24) is 9.38 Å². The van der Waals surface area contributed by atoms with Crippen LogP contribution in [0.1, 0.15) is 27.2 Å². The van der Waals surface area contributed by atoms with Crippen LogP contribution in [0.4, 0.5) is 0 Å². The van der Waals surface area contributed by atoms with Crippen molar-refractivity contribution in [3.63, 3.8) is 0 Å². The van der Waals surface area contributed by atoms with E-state index >= 15 is 0 Å².